The highest BCUT2D eigenvalue weighted by Gasteiger charge is 2.19. The van der Waals surface area contributed by atoms with Crippen molar-refractivity contribution in [1.29, 1.82) is 0 Å². The number of carbonyl (C=O) groups is 2. The molecule has 0 radical (unpaired) electrons. The first-order valence-corrected chi connectivity index (χ1v) is 10.1. The van der Waals surface area contributed by atoms with Gasteiger partial charge in [-0.2, -0.15) is 0 Å². The van der Waals surface area contributed by atoms with Gasteiger partial charge in [0.15, 0.2) is 6.10 Å². The van der Waals surface area contributed by atoms with E-state index in [2.05, 4.69) is 15.2 Å². The molecule has 2 aromatic carbocycles. The summed E-state index contributed by atoms with van der Waals surface area (Å²) >= 11 is 0. The second-order valence-electron chi connectivity index (χ2n) is 7.30. The van der Waals surface area contributed by atoms with Gasteiger partial charge in [-0.1, -0.05) is 18.2 Å². The van der Waals surface area contributed by atoms with Gasteiger partial charge in [0.05, 0.1) is 19.6 Å². The van der Waals surface area contributed by atoms with Gasteiger partial charge in [-0.3, -0.25) is 9.59 Å². The molecule has 4 rings (SSSR count). The molecule has 3 aromatic rings. The molecule has 0 aliphatic carbocycles. The van der Waals surface area contributed by atoms with Gasteiger partial charge in [0.25, 0.3) is 5.91 Å². The highest BCUT2D eigenvalue weighted by atomic mass is 16.5. The Bertz CT molecular complexity index is 1020. The fraction of sp³-hybridized carbons (Fsp3) is 0.304. The summed E-state index contributed by atoms with van der Waals surface area (Å²) in [6.45, 7) is 4.73. The SMILES string of the molecule is CC(OC(=O)Cc1c[nH]c2ccccc12)C(=O)Nc1ccc(N2CCOCC2)cc1. The zero-order valence-corrected chi connectivity index (χ0v) is 16.9. The normalized spacial score (nSPS) is 15.0. The van der Waals surface area contributed by atoms with Crippen molar-refractivity contribution in [3.63, 3.8) is 0 Å². The lowest BCUT2D eigenvalue weighted by molar-refractivity contribution is -0.152. The molecule has 0 saturated carbocycles. The van der Waals surface area contributed by atoms with Crippen molar-refractivity contribution in [2.75, 3.05) is 36.5 Å². The van der Waals surface area contributed by atoms with Gasteiger partial charge in [0.2, 0.25) is 0 Å². The number of morpholine rings is 1. The van der Waals surface area contributed by atoms with Crippen LogP contribution in [0.4, 0.5) is 11.4 Å². The summed E-state index contributed by atoms with van der Waals surface area (Å²) in [4.78, 5) is 30.1. The number of hydrogen-bond donors (Lipinski definition) is 2. The first-order valence-electron chi connectivity index (χ1n) is 10.1. The average Bonchev–Trinajstić information content (AvgIpc) is 3.17. The zero-order valence-electron chi connectivity index (χ0n) is 16.9. The first kappa shape index (κ1) is 20.0. The number of nitrogens with one attached hydrogen (secondary N) is 2. The van der Waals surface area contributed by atoms with Crippen LogP contribution < -0.4 is 10.2 Å². The van der Waals surface area contributed by atoms with Crippen molar-refractivity contribution in [2.24, 2.45) is 0 Å². The molecule has 0 bridgehead atoms. The van der Waals surface area contributed by atoms with Crippen LogP contribution in [0.5, 0.6) is 0 Å². The molecule has 30 heavy (non-hydrogen) atoms. The van der Waals surface area contributed by atoms with Gasteiger partial charge in [-0.25, -0.2) is 0 Å². The van der Waals surface area contributed by atoms with Crippen molar-refractivity contribution in [1.82, 2.24) is 4.98 Å². The third-order valence-electron chi connectivity index (χ3n) is 5.20. The molecule has 2 heterocycles. The lowest BCUT2D eigenvalue weighted by Crippen LogP contribution is -2.36. The van der Waals surface area contributed by atoms with E-state index >= 15 is 0 Å². The van der Waals surface area contributed by atoms with Gasteiger partial charge in [0, 0.05) is 41.6 Å². The van der Waals surface area contributed by atoms with Crippen LogP contribution in [-0.2, 0) is 25.5 Å². The Morgan fingerprint density at radius 2 is 1.87 bits per heavy atom. The number of esters is 1. The summed E-state index contributed by atoms with van der Waals surface area (Å²) in [6.07, 6.45) is 1.02. The fourth-order valence-electron chi connectivity index (χ4n) is 3.55. The summed E-state index contributed by atoms with van der Waals surface area (Å²) in [5, 5.41) is 3.78. The number of amides is 1. The number of anilines is 2. The molecule has 1 unspecified atom stereocenters. The van der Waals surface area contributed by atoms with Crippen molar-refractivity contribution < 1.29 is 19.1 Å². The molecule has 1 fully saturated rings. The summed E-state index contributed by atoms with van der Waals surface area (Å²) in [7, 11) is 0. The topological polar surface area (TPSA) is 83.7 Å². The number of nitrogens with zero attached hydrogens (tertiary/aromatic N) is 1. The van der Waals surface area contributed by atoms with E-state index in [-0.39, 0.29) is 12.3 Å². The fourth-order valence-corrected chi connectivity index (χ4v) is 3.55. The summed E-state index contributed by atoms with van der Waals surface area (Å²) < 4.78 is 10.7. The summed E-state index contributed by atoms with van der Waals surface area (Å²) in [6, 6.07) is 15.4. The smallest absolute Gasteiger partial charge is 0.311 e. The summed E-state index contributed by atoms with van der Waals surface area (Å²) in [5.74, 6) is -0.800. The highest BCUT2D eigenvalue weighted by Crippen LogP contribution is 2.20. The number of hydrogen-bond acceptors (Lipinski definition) is 5. The monoisotopic (exact) mass is 407 g/mol. The van der Waals surface area contributed by atoms with Crippen LogP contribution in [0.15, 0.2) is 54.7 Å². The third-order valence-corrected chi connectivity index (χ3v) is 5.20. The maximum Gasteiger partial charge on any atom is 0.311 e. The van der Waals surface area contributed by atoms with Crippen LogP contribution in [-0.4, -0.2) is 49.3 Å². The van der Waals surface area contributed by atoms with Crippen molar-refractivity contribution >= 4 is 34.2 Å². The minimum Gasteiger partial charge on any atom is -0.452 e. The zero-order chi connectivity index (χ0) is 20.9. The lowest BCUT2D eigenvalue weighted by Gasteiger charge is -2.28. The number of benzene rings is 2. The van der Waals surface area contributed by atoms with E-state index in [9.17, 15) is 9.59 Å². The second-order valence-corrected chi connectivity index (χ2v) is 7.30. The molecule has 1 aromatic heterocycles. The van der Waals surface area contributed by atoms with Crippen LogP contribution in [0.2, 0.25) is 0 Å². The first-order chi connectivity index (χ1) is 14.6. The number of H-pyrrole nitrogens is 1. The molecule has 7 nitrogen and oxygen atoms in total. The maximum atomic E-state index is 12.4. The Morgan fingerprint density at radius 1 is 1.13 bits per heavy atom. The van der Waals surface area contributed by atoms with Crippen LogP contribution in [0.3, 0.4) is 0 Å². The van der Waals surface area contributed by atoms with Crippen LogP contribution >= 0.6 is 0 Å². The molecule has 0 spiro atoms. The van der Waals surface area contributed by atoms with E-state index in [0.29, 0.717) is 5.69 Å². The largest absolute Gasteiger partial charge is 0.452 e. The molecule has 1 aliphatic rings. The van der Waals surface area contributed by atoms with E-state index in [4.69, 9.17) is 9.47 Å². The Hall–Kier alpha value is -3.32. The molecule has 1 aliphatic heterocycles. The number of aromatic amines is 1. The van der Waals surface area contributed by atoms with E-state index in [1.54, 1.807) is 13.1 Å². The quantitative estimate of drug-likeness (QED) is 0.614. The van der Waals surface area contributed by atoms with E-state index in [0.717, 1.165) is 48.5 Å². The highest BCUT2D eigenvalue weighted by molar-refractivity contribution is 5.95. The molecule has 2 N–H and O–H groups in total. The Kier molecular flexibility index (Phi) is 5.99. The van der Waals surface area contributed by atoms with Crippen LogP contribution in [0, 0.1) is 0 Å². The molecule has 1 amide bonds. The lowest BCUT2D eigenvalue weighted by atomic mass is 10.1. The van der Waals surface area contributed by atoms with Crippen LogP contribution in [0.25, 0.3) is 10.9 Å². The molecule has 1 saturated heterocycles. The van der Waals surface area contributed by atoms with Crippen molar-refractivity contribution in [2.45, 2.75) is 19.4 Å². The Labute approximate surface area is 175 Å². The number of carbonyl (C=O) groups excluding carboxylic acids is 2. The van der Waals surface area contributed by atoms with Gasteiger partial charge in [-0.05, 0) is 42.8 Å². The summed E-state index contributed by atoms with van der Waals surface area (Å²) in [5.41, 5.74) is 3.57. The molecule has 7 heteroatoms. The number of aromatic nitrogens is 1. The Morgan fingerprint density at radius 3 is 2.63 bits per heavy atom. The minimum atomic E-state index is -0.887. The standard InChI is InChI=1S/C23H25N3O4/c1-16(30-22(27)14-17-15-24-21-5-3-2-4-20(17)21)23(28)25-18-6-8-19(9-7-18)26-10-12-29-13-11-26/h2-9,15-16,24H,10-14H2,1H3,(H,25,28). The van der Waals surface area contributed by atoms with Crippen molar-refractivity contribution in [3.05, 3.63) is 60.3 Å². The van der Waals surface area contributed by atoms with E-state index in [1.165, 1.54) is 0 Å². The van der Waals surface area contributed by atoms with E-state index in [1.807, 2.05) is 48.5 Å². The van der Waals surface area contributed by atoms with Gasteiger partial charge < -0.3 is 24.7 Å². The Balaban J connectivity index is 1.30. The molecule has 1 atom stereocenters. The predicted octanol–water partition coefficient (Wildman–Crippen LogP) is 3.12. The number of para-hydroxylation sites is 1. The number of ether oxygens (including phenoxy) is 2. The molecular weight excluding hydrogens is 382 g/mol. The predicted molar refractivity (Wildman–Crippen MR) is 116 cm³/mol. The average molecular weight is 407 g/mol. The van der Waals surface area contributed by atoms with Crippen molar-refractivity contribution in [3.8, 4) is 0 Å². The van der Waals surface area contributed by atoms with Gasteiger partial charge >= 0.3 is 5.97 Å². The van der Waals surface area contributed by atoms with Gasteiger partial charge in [-0.15, -0.1) is 0 Å². The van der Waals surface area contributed by atoms with Gasteiger partial charge in [0.1, 0.15) is 0 Å². The number of fused-ring (bicyclic) bond motifs is 1. The van der Waals surface area contributed by atoms with E-state index < -0.39 is 12.1 Å². The maximum absolute atomic E-state index is 12.4. The third kappa shape index (κ3) is 4.63. The number of rotatable bonds is 6. The molecular formula is C23H25N3O4. The minimum absolute atomic E-state index is 0.107. The van der Waals surface area contributed by atoms with Crippen LogP contribution in [0.1, 0.15) is 12.5 Å². The second kappa shape index (κ2) is 9.00. The molecule has 156 valence electrons.